The lowest BCUT2D eigenvalue weighted by Gasteiger charge is -2.08. The molecule has 1 aromatic rings. The molecule has 6 heteroatoms. The molecule has 0 saturated carbocycles. The summed E-state index contributed by atoms with van der Waals surface area (Å²) in [7, 11) is 0. The average molecular weight is 231 g/mol. The topological polar surface area (TPSA) is 37.8 Å². The highest BCUT2D eigenvalue weighted by Gasteiger charge is 2.31. The number of aromatic nitrogens is 2. The first-order valence-corrected chi connectivity index (χ1v) is 5.14. The van der Waals surface area contributed by atoms with Gasteiger partial charge in [0.1, 0.15) is 5.82 Å². The fourth-order valence-corrected chi connectivity index (χ4v) is 1.75. The van der Waals surface area contributed by atoms with E-state index in [4.69, 9.17) is 0 Å². The molecular weight excluding hydrogens is 219 g/mol. The molecule has 3 nitrogen and oxygen atoms in total. The van der Waals surface area contributed by atoms with Gasteiger partial charge in [-0.2, -0.15) is 13.2 Å². The molecule has 0 bridgehead atoms. The molecule has 0 aliphatic carbocycles. The van der Waals surface area contributed by atoms with Gasteiger partial charge in [-0.15, -0.1) is 0 Å². The fourth-order valence-electron chi connectivity index (χ4n) is 1.75. The standard InChI is InChI=1S/C10H12F3N3/c11-10(12,13)8-5-15-9(16-6-8)3-7-1-2-14-4-7/h5-7,14H,1-4H2/t7-/m0/s1. The zero-order chi connectivity index (χ0) is 11.6. The quantitative estimate of drug-likeness (QED) is 0.841. The summed E-state index contributed by atoms with van der Waals surface area (Å²) in [5.74, 6) is 0.929. The van der Waals surface area contributed by atoms with Crippen molar-refractivity contribution in [3.63, 3.8) is 0 Å². The van der Waals surface area contributed by atoms with Gasteiger partial charge in [0.25, 0.3) is 0 Å². The van der Waals surface area contributed by atoms with Crippen LogP contribution in [0.4, 0.5) is 13.2 Å². The van der Waals surface area contributed by atoms with Crippen molar-refractivity contribution < 1.29 is 13.2 Å². The molecule has 0 radical (unpaired) electrons. The summed E-state index contributed by atoms with van der Waals surface area (Å²) in [6.45, 7) is 1.86. The molecule has 1 atom stereocenters. The SMILES string of the molecule is FC(F)(F)c1cnc(C[C@@H]2CCNC2)nc1. The summed E-state index contributed by atoms with van der Waals surface area (Å²) >= 11 is 0. The minimum absolute atomic E-state index is 0.441. The molecule has 1 aliphatic rings. The monoisotopic (exact) mass is 231 g/mol. The fraction of sp³-hybridized carbons (Fsp3) is 0.600. The molecule has 0 amide bonds. The van der Waals surface area contributed by atoms with Gasteiger partial charge in [-0.05, 0) is 25.4 Å². The Morgan fingerprint density at radius 2 is 2.00 bits per heavy atom. The number of nitrogens with one attached hydrogen (secondary N) is 1. The van der Waals surface area contributed by atoms with Crippen LogP contribution in [0, 0.1) is 5.92 Å². The Labute approximate surface area is 91.1 Å². The van der Waals surface area contributed by atoms with Crippen molar-refractivity contribution in [1.82, 2.24) is 15.3 Å². The molecule has 1 fully saturated rings. The zero-order valence-electron chi connectivity index (χ0n) is 8.59. The smallest absolute Gasteiger partial charge is 0.316 e. The summed E-state index contributed by atoms with van der Waals surface area (Å²) in [5.41, 5.74) is -0.791. The van der Waals surface area contributed by atoms with Crippen LogP contribution in [0.5, 0.6) is 0 Å². The number of hydrogen-bond donors (Lipinski definition) is 1. The Kier molecular flexibility index (Phi) is 3.09. The van der Waals surface area contributed by atoms with Crippen LogP contribution in [0.25, 0.3) is 0 Å². The molecule has 1 aromatic heterocycles. The molecule has 1 N–H and O–H groups in total. The van der Waals surface area contributed by atoms with E-state index < -0.39 is 11.7 Å². The van der Waals surface area contributed by atoms with Crippen LogP contribution >= 0.6 is 0 Å². The second kappa shape index (κ2) is 4.37. The first-order chi connectivity index (χ1) is 7.55. The summed E-state index contributed by atoms with van der Waals surface area (Å²) < 4.78 is 36.7. The van der Waals surface area contributed by atoms with Crippen molar-refractivity contribution in [2.75, 3.05) is 13.1 Å². The van der Waals surface area contributed by atoms with Gasteiger partial charge < -0.3 is 5.32 Å². The predicted octanol–water partition coefficient (Wildman–Crippen LogP) is 1.65. The molecule has 16 heavy (non-hydrogen) atoms. The van der Waals surface area contributed by atoms with Crippen LogP contribution < -0.4 is 5.32 Å². The third-order valence-corrected chi connectivity index (χ3v) is 2.67. The maximum atomic E-state index is 12.2. The first-order valence-electron chi connectivity index (χ1n) is 5.14. The van der Waals surface area contributed by atoms with Gasteiger partial charge in [-0.25, -0.2) is 9.97 Å². The van der Waals surface area contributed by atoms with Gasteiger partial charge >= 0.3 is 6.18 Å². The zero-order valence-corrected chi connectivity index (χ0v) is 8.59. The van der Waals surface area contributed by atoms with Crippen molar-refractivity contribution in [2.24, 2.45) is 5.92 Å². The number of halogens is 3. The van der Waals surface area contributed by atoms with Crippen molar-refractivity contribution in [3.8, 4) is 0 Å². The normalized spacial score (nSPS) is 21.3. The Morgan fingerprint density at radius 1 is 1.31 bits per heavy atom. The van der Waals surface area contributed by atoms with Gasteiger partial charge in [-0.3, -0.25) is 0 Å². The Hall–Kier alpha value is -1.17. The summed E-state index contributed by atoms with van der Waals surface area (Å²) in [6, 6.07) is 0. The van der Waals surface area contributed by atoms with Crippen LogP contribution in [-0.4, -0.2) is 23.1 Å². The lowest BCUT2D eigenvalue weighted by atomic mass is 10.0. The van der Waals surface area contributed by atoms with Crippen molar-refractivity contribution in [1.29, 1.82) is 0 Å². The van der Waals surface area contributed by atoms with E-state index in [0.717, 1.165) is 31.9 Å². The molecule has 1 saturated heterocycles. The maximum absolute atomic E-state index is 12.2. The van der Waals surface area contributed by atoms with E-state index in [2.05, 4.69) is 15.3 Å². The lowest BCUT2D eigenvalue weighted by Crippen LogP contribution is -2.13. The number of rotatable bonds is 2. The van der Waals surface area contributed by atoms with Crippen molar-refractivity contribution in [2.45, 2.75) is 19.0 Å². The Balaban J connectivity index is 2.01. The molecule has 1 aliphatic heterocycles. The van der Waals surface area contributed by atoms with Gasteiger partial charge in [-0.1, -0.05) is 0 Å². The minimum Gasteiger partial charge on any atom is -0.316 e. The van der Waals surface area contributed by atoms with Gasteiger partial charge in [0, 0.05) is 18.8 Å². The van der Waals surface area contributed by atoms with E-state index in [1.165, 1.54) is 0 Å². The largest absolute Gasteiger partial charge is 0.419 e. The van der Waals surface area contributed by atoms with Crippen molar-refractivity contribution >= 4 is 0 Å². The van der Waals surface area contributed by atoms with Crippen molar-refractivity contribution in [3.05, 3.63) is 23.8 Å². The van der Waals surface area contributed by atoms with Crippen LogP contribution in [0.1, 0.15) is 17.8 Å². The number of alkyl halides is 3. The maximum Gasteiger partial charge on any atom is 0.419 e. The van der Waals surface area contributed by atoms with Gasteiger partial charge in [0.15, 0.2) is 0 Å². The van der Waals surface area contributed by atoms with E-state index >= 15 is 0 Å². The lowest BCUT2D eigenvalue weighted by molar-refractivity contribution is -0.138. The number of nitrogens with zero attached hydrogens (tertiary/aromatic N) is 2. The molecule has 2 heterocycles. The molecule has 0 spiro atoms. The average Bonchev–Trinajstić information content (AvgIpc) is 2.70. The van der Waals surface area contributed by atoms with E-state index in [1.807, 2.05) is 0 Å². The third kappa shape index (κ3) is 2.69. The highest BCUT2D eigenvalue weighted by molar-refractivity contribution is 5.09. The minimum atomic E-state index is -4.35. The highest BCUT2D eigenvalue weighted by atomic mass is 19.4. The second-order valence-corrected chi connectivity index (χ2v) is 3.95. The predicted molar refractivity (Wildman–Crippen MR) is 51.7 cm³/mol. The van der Waals surface area contributed by atoms with Crippen LogP contribution in [0.15, 0.2) is 12.4 Å². The third-order valence-electron chi connectivity index (χ3n) is 2.67. The van der Waals surface area contributed by atoms with Crippen LogP contribution in [0.2, 0.25) is 0 Å². The molecule has 0 unspecified atom stereocenters. The summed E-state index contributed by atoms with van der Waals surface area (Å²) in [5, 5.41) is 3.19. The van der Waals surface area contributed by atoms with Crippen LogP contribution in [0.3, 0.4) is 0 Å². The van der Waals surface area contributed by atoms with E-state index in [0.29, 0.717) is 18.2 Å². The molecule has 0 aromatic carbocycles. The van der Waals surface area contributed by atoms with E-state index in [9.17, 15) is 13.2 Å². The number of hydrogen-bond acceptors (Lipinski definition) is 3. The molecule has 2 rings (SSSR count). The van der Waals surface area contributed by atoms with Gasteiger partial charge in [0.05, 0.1) is 5.56 Å². The van der Waals surface area contributed by atoms with Crippen LogP contribution in [-0.2, 0) is 12.6 Å². The molecule has 88 valence electrons. The van der Waals surface area contributed by atoms with E-state index in [-0.39, 0.29) is 0 Å². The Bertz CT molecular complexity index is 341. The highest BCUT2D eigenvalue weighted by Crippen LogP contribution is 2.27. The Morgan fingerprint density at radius 3 is 2.50 bits per heavy atom. The van der Waals surface area contributed by atoms with Gasteiger partial charge in [0.2, 0.25) is 0 Å². The summed E-state index contributed by atoms with van der Waals surface area (Å²) in [4.78, 5) is 7.50. The first kappa shape index (κ1) is 11.3. The van der Waals surface area contributed by atoms with E-state index in [1.54, 1.807) is 0 Å². The molecular formula is C10H12F3N3. The second-order valence-electron chi connectivity index (χ2n) is 3.95. The summed E-state index contributed by atoms with van der Waals surface area (Å²) in [6.07, 6.45) is -0.974.